The van der Waals surface area contributed by atoms with E-state index in [0.717, 1.165) is 6.54 Å². The summed E-state index contributed by atoms with van der Waals surface area (Å²) in [5, 5.41) is 0. The van der Waals surface area contributed by atoms with Gasteiger partial charge in [0, 0.05) is 27.3 Å². The fourth-order valence-corrected chi connectivity index (χ4v) is 0.759. The third-order valence-corrected chi connectivity index (χ3v) is 1.26. The Bertz CT molecular complexity index is 91.3. The Morgan fingerprint density at radius 1 is 1.30 bits per heavy atom. The summed E-state index contributed by atoms with van der Waals surface area (Å²) in [5.74, 6) is 0. The molecule has 0 amide bonds. The van der Waals surface area contributed by atoms with Gasteiger partial charge in [0.05, 0.1) is 0 Å². The third kappa shape index (κ3) is 5.79. The molecule has 0 aliphatic carbocycles. The van der Waals surface area contributed by atoms with Gasteiger partial charge >= 0.3 is 0 Å². The van der Waals surface area contributed by atoms with E-state index >= 15 is 0 Å². The maximum Gasteiger partial charge on any atom is 0.0351 e. The summed E-state index contributed by atoms with van der Waals surface area (Å²) < 4.78 is 4.25. The van der Waals surface area contributed by atoms with Gasteiger partial charge in [-0.3, -0.25) is 0 Å². The highest BCUT2D eigenvalue weighted by molar-refractivity contribution is 4.89. The van der Waals surface area contributed by atoms with Gasteiger partial charge in [0.1, 0.15) is 0 Å². The third-order valence-electron chi connectivity index (χ3n) is 1.26. The molecule has 10 heavy (non-hydrogen) atoms. The summed E-state index contributed by atoms with van der Waals surface area (Å²) in [6.07, 6.45) is 5.68. The molecule has 1 aliphatic heterocycles. The van der Waals surface area contributed by atoms with Crippen molar-refractivity contribution >= 4 is 0 Å². The van der Waals surface area contributed by atoms with Gasteiger partial charge in [0.15, 0.2) is 0 Å². The highest BCUT2D eigenvalue weighted by atomic mass is 16.4. The minimum atomic E-state index is 1.14. The second-order valence-corrected chi connectivity index (χ2v) is 2.43. The molecule has 0 aromatic rings. The van der Waals surface area contributed by atoms with Crippen LogP contribution in [0.4, 0.5) is 0 Å². The first-order valence-electron chi connectivity index (χ1n) is 3.55. The van der Waals surface area contributed by atoms with Gasteiger partial charge in [-0.25, -0.2) is 0 Å². The average molecular weight is 143 g/mol. The van der Waals surface area contributed by atoms with Crippen molar-refractivity contribution in [1.29, 1.82) is 0 Å². The summed E-state index contributed by atoms with van der Waals surface area (Å²) in [6.45, 7) is 2.37. The van der Waals surface area contributed by atoms with Crippen molar-refractivity contribution in [2.45, 2.75) is 6.42 Å². The molecule has 0 aromatic carbocycles. The summed E-state index contributed by atoms with van der Waals surface area (Å²) in [4.78, 5) is 2.31. The second-order valence-electron chi connectivity index (χ2n) is 2.43. The Balaban J connectivity index is 0.000000236. The molecule has 1 rings (SSSR count). The Morgan fingerprint density at radius 3 is 2.10 bits per heavy atom. The van der Waals surface area contributed by atoms with E-state index in [0.29, 0.717) is 0 Å². The minimum absolute atomic E-state index is 1.14. The van der Waals surface area contributed by atoms with Crippen molar-refractivity contribution < 1.29 is 4.74 Å². The van der Waals surface area contributed by atoms with E-state index in [-0.39, 0.29) is 0 Å². The number of methoxy groups -OCH3 is 1. The topological polar surface area (TPSA) is 12.5 Å². The lowest BCUT2D eigenvalue weighted by Crippen LogP contribution is -2.21. The van der Waals surface area contributed by atoms with Gasteiger partial charge < -0.3 is 9.64 Å². The predicted octanol–water partition coefficient (Wildman–Crippen LogP) is 1.14. The largest absolute Gasteiger partial charge is 0.388 e. The summed E-state index contributed by atoms with van der Waals surface area (Å²) in [6, 6.07) is 0. The van der Waals surface area contributed by atoms with Crippen LogP contribution in [-0.2, 0) is 4.74 Å². The first-order chi connectivity index (χ1) is 4.81. The average Bonchev–Trinajstić information content (AvgIpc) is 1.91. The van der Waals surface area contributed by atoms with Gasteiger partial charge in [-0.2, -0.15) is 0 Å². The van der Waals surface area contributed by atoms with Gasteiger partial charge in [0.25, 0.3) is 0 Å². The molecular weight excluding hydrogens is 126 g/mol. The Labute approximate surface area is 63.5 Å². The molecule has 0 atom stereocenters. The number of hydrogen-bond acceptors (Lipinski definition) is 2. The maximum atomic E-state index is 4.25. The quantitative estimate of drug-likeness (QED) is 0.471. The van der Waals surface area contributed by atoms with Crippen molar-refractivity contribution in [3.63, 3.8) is 0 Å². The predicted molar refractivity (Wildman–Crippen MR) is 44.2 cm³/mol. The van der Waals surface area contributed by atoms with E-state index in [1.165, 1.54) is 13.0 Å². The maximum absolute atomic E-state index is 4.25. The molecular formula is C8H17NO. The van der Waals surface area contributed by atoms with Crippen LogP contribution < -0.4 is 0 Å². The normalized spacial score (nSPS) is 17.9. The molecule has 1 heterocycles. The monoisotopic (exact) mass is 143 g/mol. The van der Waals surface area contributed by atoms with Crippen molar-refractivity contribution in [1.82, 2.24) is 4.90 Å². The van der Waals surface area contributed by atoms with Crippen LogP contribution in [0.25, 0.3) is 0 Å². The van der Waals surface area contributed by atoms with Gasteiger partial charge in [-0.05, 0) is 13.5 Å². The Hall–Kier alpha value is -0.340. The zero-order valence-corrected chi connectivity index (χ0v) is 7.13. The van der Waals surface area contributed by atoms with E-state index in [2.05, 4.69) is 28.8 Å². The highest BCUT2D eigenvalue weighted by Gasteiger charge is 1.95. The summed E-state index contributed by atoms with van der Waals surface area (Å²) in [5.41, 5.74) is 0. The molecule has 0 saturated heterocycles. The smallest absolute Gasteiger partial charge is 0.0351 e. The molecule has 2 heteroatoms. The van der Waals surface area contributed by atoms with Gasteiger partial charge in [-0.1, -0.05) is 12.2 Å². The lowest BCUT2D eigenvalue weighted by atomic mass is 10.3. The lowest BCUT2D eigenvalue weighted by Gasteiger charge is -2.15. The molecule has 0 spiro atoms. The summed E-state index contributed by atoms with van der Waals surface area (Å²) in [7, 11) is 5.39. The second kappa shape index (κ2) is 6.78. The van der Waals surface area contributed by atoms with Crippen LogP contribution in [-0.4, -0.2) is 39.3 Å². The zero-order valence-electron chi connectivity index (χ0n) is 7.13. The molecule has 0 saturated carbocycles. The standard InChI is InChI=1S/C6H11N.C2H6O/c1-7-5-3-2-4-6-7;1-3-2/h2-3H,4-6H2,1H3;1-2H3. The lowest BCUT2D eigenvalue weighted by molar-refractivity contribution is 0.277. The minimum Gasteiger partial charge on any atom is -0.388 e. The fourth-order valence-electron chi connectivity index (χ4n) is 0.759. The van der Waals surface area contributed by atoms with Crippen molar-refractivity contribution in [3.05, 3.63) is 12.2 Å². The van der Waals surface area contributed by atoms with E-state index in [1.54, 1.807) is 14.2 Å². The van der Waals surface area contributed by atoms with Crippen LogP contribution in [0.3, 0.4) is 0 Å². The molecule has 60 valence electrons. The Morgan fingerprint density at radius 2 is 1.90 bits per heavy atom. The van der Waals surface area contributed by atoms with Crippen molar-refractivity contribution in [3.8, 4) is 0 Å². The van der Waals surface area contributed by atoms with Crippen LogP contribution in [0, 0.1) is 0 Å². The molecule has 0 radical (unpaired) electrons. The molecule has 0 unspecified atom stereocenters. The number of ether oxygens (including phenoxy) is 1. The van der Waals surface area contributed by atoms with E-state index in [1.807, 2.05) is 0 Å². The Kier molecular flexibility index (Phi) is 6.55. The van der Waals surface area contributed by atoms with Crippen molar-refractivity contribution in [2.24, 2.45) is 0 Å². The molecule has 2 nitrogen and oxygen atoms in total. The number of nitrogens with zero attached hydrogens (tertiary/aromatic N) is 1. The van der Waals surface area contributed by atoms with E-state index in [9.17, 15) is 0 Å². The molecule has 0 aromatic heterocycles. The van der Waals surface area contributed by atoms with Crippen LogP contribution in [0.15, 0.2) is 12.2 Å². The van der Waals surface area contributed by atoms with Gasteiger partial charge in [0.2, 0.25) is 0 Å². The highest BCUT2D eigenvalue weighted by Crippen LogP contribution is 1.95. The molecule has 0 bridgehead atoms. The first-order valence-corrected chi connectivity index (χ1v) is 3.55. The first kappa shape index (κ1) is 9.66. The SMILES string of the molecule is CN1CC=CCC1.COC. The fraction of sp³-hybridized carbons (Fsp3) is 0.750. The van der Waals surface area contributed by atoms with Crippen molar-refractivity contribution in [2.75, 3.05) is 34.4 Å². The van der Waals surface area contributed by atoms with Gasteiger partial charge in [-0.15, -0.1) is 0 Å². The molecule has 0 fully saturated rings. The van der Waals surface area contributed by atoms with Crippen LogP contribution in [0.2, 0.25) is 0 Å². The number of rotatable bonds is 0. The number of likely N-dealkylation sites (N-methyl/N-ethyl adjacent to an activating group) is 1. The van der Waals surface area contributed by atoms with Crippen LogP contribution >= 0.6 is 0 Å². The molecule has 0 N–H and O–H groups in total. The van der Waals surface area contributed by atoms with E-state index < -0.39 is 0 Å². The summed E-state index contributed by atoms with van der Waals surface area (Å²) >= 11 is 0. The van der Waals surface area contributed by atoms with Crippen LogP contribution in [0.5, 0.6) is 0 Å². The zero-order chi connectivity index (χ0) is 7.82. The number of hydrogen-bond donors (Lipinski definition) is 0. The van der Waals surface area contributed by atoms with E-state index in [4.69, 9.17) is 0 Å². The molecule has 1 aliphatic rings. The van der Waals surface area contributed by atoms with Crippen LogP contribution in [0.1, 0.15) is 6.42 Å².